The standard InChI is InChI=1S/C11H20N2/c1-6-12-8-11(10(4)5)13-7-9(2)3/h7,12H,4,6,8H2,1-3,5H3. The van der Waals surface area contributed by atoms with Crippen LogP contribution in [0.2, 0.25) is 0 Å². The van der Waals surface area contributed by atoms with Gasteiger partial charge in [-0.1, -0.05) is 19.1 Å². The van der Waals surface area contributed by atoms with Crippen molar-refractivity contribution in [2.45, 2.75) is 27.7 Å². The summed E-state index contributed by atoms with van der Waals surface area (Å²) in [6, 6.07) is 0. The van der Waals surface area contributed by atoms with Gasteiger partial charge in [0.25, 0.3) is 0 Å². The summed E-state index contributed by atoms with van der Waals surface area (Å²) >= 11 is 0. The maximum absolute atomic E-state index is 4.35. The Kier molecular flexibility index (Phi) is 6.15. The molecule has 74 valence electrons. The molecule has 0 aliphatic rings. The van der Waals surface area contributed by atoms with Crippen molar-refractivity contribution in [3.05, 3.63) is 23.9 Å². The van der Waals surface area contributed by atoms with Crippen molar-refractivity contribution < 1.29 is 0 Å². The lowest BCUT2D eigenvalue weighted by molar-refractivity contribution is 0.816. The summed E-state index contributed by atoms with van der Waals surface area (Å²) in [7, 11) is 0. The summed E-state index contributed by atoms with van der Waals surface area (Å²) in [5.41, 5.74) is 3.26. The van der Waals surface area contributed by atoms with Crippen molar-refractivity contribution in [1.29, 1.82) is 0 Å². The number of nitrogens with one attached hydrogen (secondary N) is 1. The molecule has 0 amide bonds. The second-order valence-electron chi connectivity index (χ2n) is 3.34. The van der Waals surface area contributed by atoms with E-state index in [0.29, 0.717) is 0 Å². The third-order valence-corrected chi connectivity index (χ3v) is 1.51. The Morgan fingerprint density at radius 3 is 2.38 bits per heavy atom. The van der Waals surface area contributed by atoms with Gasteiger partial charge in [0.05, 0.1) is 5.71 Å². The lowest BCUT2D eigenvalue weighted by Gasteiger charge is -2.04. The highest BCUT2D eigenvalue weighted by Gasteiger charge is 1.96. The number of allylic oxidation sites excluding steroid dienone is 1. The number of nitrogens with zero attached hydrogens (tertiary/aromatic N) is 1. The van der Waals surface area contributed by atoms with E-state index < -0.39 is 0 Å². The van der Waals surface area contributed by atoms with Crippen LogP contribution in [0.4, 0.5) is 0 Å². The molecule has 0 aromatic carbocycles. The van der Waals surface area contributed by atoms with Crippen LogP contribution < -0.4 is 5.32 Å². The topological polar surface area (TPSA) is 24.4 Å². The van der Waals surface area contributed by atoms with E-state index in [2.05, 4.69) is 23.8 Å². The van der Waals surface area contributed by atoms with Crippen LogP contribution in [0.1, 0.15) is 27.7 Å². The molecule has 0 unspecified atom stereocenters. The molecule has 1 N–H and O–H groups in total. The van der Waals surface area contributed by atoms with Crippen LogP contribution in [0.25, 0.3) is 0 Å². The van der Waals surface area contributed by atoms with Gasteiger partial charge >= 0.3 is 0 Å². The van der Waals surface area contributed by atoms with Crippen molar-refractivity contribution in [2.75, 3.05) is 13.1 Å². The maximum atomic E-state index is 4.35. The zero-order valence-corrected chi connectivity index (χ0v) is 9.15. The first-order valence-electron chi connectivity index (χ1n) is 4.64. The van der Waals surface area contributed by atoms with Crippen LogP contribution in [0.5, 0.6) is 0 Å². The molecule has 0 aromatic heterocycles. The summed E-state index contributed by atoms with van der Waals surface area (Å²) in [5, 5.41) is 3.23. The molecule has 13 heavy (non-hydrogen) atoms. The zero-order chi connectivity index (χ0) is 10.3. The normalized spacial score (nSPS) is 11.2. The van der Waals surface area contributed by atoms with Gasteiger partial charge in [0.1, 0.15) is 0 Å². The van der Waals surface area contributed by atoms with Crippen molar-refractivity contribution in [2.24, 2.45) is 4.99 Å². The molecule has 0 rings (SSSR count). The number of rotatable bonds is 5. The monoisotopic (exact) mass is 180 g/mol. The van der Waals surface area contributed by atoms with E-state index in [1.54, 1.807) is 0 Å². The zero-order valence-electron chi connectivity index (χ0n) is 9.15. The van der Waals surface area contributed by atoms with Crippen molar-refractivity contribution in [1.82, 2.24) is 5.32 Å². The first kappa shape index (κ1) is 12.1. The minimum atomic E-state index is 0.801. The lowest BCUT2D eigenvalue weighted by atomic mass is 10.2. The Bertz CT molecular complexity index is 220. The third-order valence-electron chi connectivity index (χ3n) is 1.51. The average Bonchev–Trinajstić information content (AvgIpc) is 2.03. The fourth-order valence-corrected chi connectivity index (χ4v) is 0.757. The summed E-state index contributed by atoms with van der Waals surface area (Å²) in [4.78, 5) is 4.35. The number of hydrogen-bond donors (Lipinski definition) is 1. The van der Waals surface area contributed by atoms with Crippen molar-refractivity contribution in [3.8, 4) is 0 Å². The number of hydrogen-bond acceptors (Lipinski definition) is 2. The summed E-state index contributed by atoms with van der Waals surface area (Å²) in [5.74, 6) is 0. The highest BCUT2D eigenvalue weighted by Crippen LogP contribution is 1.96. The predicted molar refractivity (Wildman–Crippen MR) is 60.2 cm³/mol. The molecular weight excluding hydrogens is 160 g/mol. The smallest absolute Gasteiger partial charge is 0.0564 e. The maximum Gasteiger partial charge on any atom is 0.0564 e. The quantitative estimate of drug-likeness (QED) is 0.646. The van der Waals surface area contributed by atoms with E-state index >= 15 is 0 Å². The van der Waals surface area contributed by atoms with Gasteiger partial charge in [0.2, 0.25) is 0 Å². The van der Waals surface area contributed by atoms with Gasteiger partial charge in [-0.3, -0.25) is 4.99 Å². The van der Waals surface area contributed by atoms with E-state index in [0.717, 1.165) is 24.4 Å². The Hall–Kier alpha value is -0.890. The van der Waals surface area contributed by atoms with E-state index in [1.165, 1.54) is 5.57 Å². The highest BCUT2D eigenvalue weighted by atomic mass is 14.9. The molecule has 0 aliphatic heterocycles. The van der Waals surface area contributed by atoms with Gasteiger partial charge in [-0.05, 0) is 32.9 Å². The van der Waals surface area contributed by atoms with Crippen LogP contribution in [0.3, 0.4) is 0 Å². The molecule has 2 heteroatoms. The Labute approximate surface area is 81.5 Å². The molecule has 0 atom stereocenters. The van der Waals surface area contributed by atoms with Gasteiger partial charge in [-0.15, -0.1) is 0 Å². The molecule has 0 saturated carbocycles. The molecule has 0 bridgehead atoms. The Morgan fingerprint density at radius 1 is 1.38 bits per heavy atom. The second kappa shape index (κ2) is 6.61. The molecule has 0 aliphatic carbocycles. The third kappa shape index (κ3) is 6.29. The van der Waals surface area contributed by atoms with Crippen LogP contribution in [-0.2, 0) is 0 Å². The molecule has 0 heterocycles. The minimum absolute atomic E-state index is 0.801. The van der Waals surface area contributed by atoms with Crippen LogP contribution in [-0.4, -0.2) is 18.8 Å². The highest BCUT2D eigenvalue weighted by molar-refractivity contribution is 6.01. The predicted octanol–water partition coefficient (Wildman–Crippen LogP) is 2.54. The van der Waals surface area contributed by atoms with Crippen LogP contribution in [0, 0.1) is 0 Å². The first-order chi connectivity index (χ1) is 6.07. The molecule has 0 spiro atoms. The minimum Gasteiger partial charge on any atom is -0.311 e. The molecule has 0 saturated heterocycles. The molecule has 2 nitrogen and oxygen atoms in total. The first-order valence-corrected chi connectivity index (χ1v) is 4.64. The van der Waals surface area contributed by atoms with Gasteiger partial charge in [0, 0.05) is 12.7 Å². The average molecular weight is 180 g/mol. The Morgan fingerprint density at radius 2 is 2.00 bits per heavy atom. The summed E-state index contributed by atoms with van der Waals surface area (Å²) < 4.78 is 0. The molecule has 0 fully saturated rings. The van der Waals surface area contributed by atoms with E-state index in [4.69, 9.17) is 0 Å². The molecule has 0 radical (unpaired) electrons. The summed E-state index contributed by atoms with van der Waals surface area (Å²) in [6.07, 6.45) is 1.88. The van der Waals surface area contributed by atoms with Gasteiger partial charge < -0.3 is 5.32 Å². The van der Waals surface area contributed by atoms with Crippen LogP contribution in [0.15, 0.2) is 28.9 Å². The molecule has 0 aromatic rings. The molecular formula is C11H20N2. The van der Waals surface area contributed by atoms with E-state index in [1.807, 2.05) is 27.0 Å². The lowest BCUT2D eigenvalue weighted by Crippen LogP contribution is -2.22. The fourth-order valence-electron chi connectivity index (χ4n) is 0.757. The fraction of sp³-hybridized carbons (Fsp3) is 0.545. The number of aliphatic imine (C=N–C) groups is 1. The summed E-state index contributed by atoms with van der Waals surface area (Å²) in [6.45, 7) is 13.8. The van der Waals surface area contributed by atoms with Crippen molar-refractivity contribution >= 4 is 5.71 Å². The van der Waals surface area contributed by atoms with Crippen LogP contribution >= 0.6 is 0 Å². The largest absolute Gasteiger partial charge is 0.311 e. The van der Waals surface area contributed by atoms with Gasteiger partial charge in [-0.2, -0.15) is 0 Å². The second-order valence-corrected chi connectivity index (χ2v) is 3.34. The van der Waals surface area contributed by atoms with E-state index in [-0.39, 0.29) is 0 Å². The van der Waals surface area contributed by atoms with Gasteiger partial charge in [-0.25, -0.2) is 0 Å². The van der Waals surface area contributed by atoms with Gasteiger partial charge in [0.15, 0.2) is 0 Å². The SMILES string of the molecule is C=C(C)C(CNCC)=NC=C(C)C. The van der Waals surface area contributed by atoms with Crippen molar-refractivity contribution in [3.63, 3.8) is 0 Å². The Balaban J connectivity index is 4.33. The van der Waals surface area contributed by atoms with E-state index in [9.17, 15) is 0 Å².